The van der Waals surface area contributed by atoms with Crippen LogP contribution in [0.15, 0.2) is 70.8 Å². The van der Waals surface area contributed by atoms with Gasteiger partial charge in [-0.25, -0.2) is 0 Å². The van der Waals surface area contributed by atoms with Crippen LogP contribution in [-0.4, -0.2) is 21.0 Å². The van der Waals surface area contributed by atoms with Gasteiger partial charge in [-0.15, -0.1) is 0 Å². The average Bonchev–Trinajstić information content (AvgIpc) is 3.12. The molecule has 0 bridgehead atoms. The fraction of sp³-hybridized carbons (Fsp3) is 0.0909. The van der Waals surface area contributed by atoms with E-state index in [-0.39, 0.29) is 16.6 Å². The fourth-order valence-electron chi connectivity index (χ4n) is 2.84. The highest BCUT2D eigenvalue weighted by atomic mass is 35.5. The number of carbonyl (C=O) groups is 1. The molecule has 1 aliphatic heterocycles. The minimum Gasteiger partial charge on any atom is -0.301 e. The normalized spacial score (nSPS) is 16.6. The molecule has 1 N–H and O–H groups in total. The quantitative estimate of drug-likeness (QED) is 0.501. The highest BCUT2D eigenvalue weighted by Crippen LogP contribution is 2.34. The first-order chi connectivity index (χ1) is 15.3. The van der Waals surface area contributed by atoms with Crippen molar-refractivity contribution in [3.05, 3.63) is 87.7 Å². The van der Waals surface area contributed by atoms with E-state index in [1.54, 1.807) is 36.5 Å². The number of nitrogens with one attached hydrogen (secondary N) is 1. The summed E-state index contributed by atoms with van der Waals surface area (Å²) in [4.78, 5) is 25.1. The van der Waals surface area contributed by atoms with Crippen LogP contribution in [0.4, 0.5) is 13.2 Å². The number of aromatic nitrogens is 2. The zero-order valence-electron chi connectivity index (χ0n) is 16.2. The smallest absolute Gasteiger partial charge is 0.301 e. The first kappa shape index (κ1) is 22.0. The fourth-order valence-corrected chi connectivity index (χ4v) is 3.94. The zero-order valence-corrected chi connectivity index (χ0v) is 17.8. The van der Waals surface area contributed by atoms with Crippen LogP contribution >= 0.6 is 23.4 Å². The molecule has 3 heterocycles. The molecule has 1 saturated heterocycles. The first-order valence-electron chi connectivity index (χ1n) is 9.28. The van der Waals surface area contributed by atoms with Gasteiger partial charge in [-0.1, -0.05) is 41.9 Å². The zero-order chi connectivity index (χ0) is 22.7. The highest BCUT2D eigenvalue weighted by Gasteiger charge is 2.31. The number of alkyl halides is 3. The maximum Gasteiger partial charge on any atom is 0.417 e. The van der Waals surface area contributed by atoms with Crippen molar-refractivity contribution in [2.75, 3.05) is 0 Å². The van der Waals surface area contributed by atoms with Crippen LogP contribution in [0.3, 0.4) is 0 Å². The van der Waals surface area contributed by atoms with Gasteiger partial charge in [-0.3, -0.25) is 19.8 Å². The Morgan fingerprint density at radius 1 is 1.12 bits per heavy atom. The Balaban J connectivity index is 1.48. The lowest BCUT2D eigenvalue weighted by molar-refractivity contribution is -0.137. The Morgan fingerprint density at radius 3 is 2.56 bits per heavy atom. The summed E-state index contributed by atoms with van der Waals surface area (Å²) in [6, 6.07) is 13.2. The highest BCUT2D eigenvalue weighted by molar-refractivity contribution is 8.18. The van der Waals surface area contributed by atoms with Gasteiger partial charge < -0.3 is 5.32 Å². The van der Waals surface area contributed by atoms with Crippen LogP contribution in [0, 0.1) is 0 Å². The SMILES string of the molecule is O=C1NC(=NCc2ccccn2)S/C1=C/c1ccc(-c2ncc(C(F)(F)F)cc2Cl)cc1. The molecule has 1 amide bonds. The second-order valence-electron chi connectivity index (χ2n) is 6.68. The van der Waals surface area contributed by atoms with Crippen LogP contribution in [-0.2, 0) is 17.5 Å². The third kappa shape index (κ3) is 5.17. The molecule has 1 aliphatic rings. The number of carbonyl (C=O) groups excluding carboxylic acids is 1. The predicted octanol–water partition coefficient (Wildman–Crippen LogP) is 5.58. The molecule has 4 rings (SSSR count). The van der Waals surface area contributed by atoms with Crippen molar-refractivity contribution in [1.82, 2.24) is 15.3 Å². The van der Waals surface area contributed by atoms with Gasteiger partial charge in [0.1, 0.15) is 0 Å². The molecular formula is C22H14ClF3N4OS. The number of amides is 1. The van der Waals surface area contributed by atoms with E-state index < -0.39 is 11.7 Å². The van der Waals surface area contributed by atoms with Crippen molar-refractivity contribution in [2.24, 2.45) is 4.99 Å². The number of amidine groups is 1. The van der Waals surface area contributed by atoms with E-state index in [0.717, 1.165) is 23.5 Å². The van der Waals surface area contributed by atoms with Crippen molar-refractivity contribution in [2.45, 2.75) is 12.7 Å². The largest absolute Gasteiger partial charge is 0.417 e. The summed E-state index contributed by atoms with van der Waals surface area (Å²) in [6.07, 6.45) is -0.375. The van der Waals surface area contributed by atoms with Crippen molar-refractivity contribution in [3.63, 3.8) is 0 Å². The van der Waals surface area contributed by atoms with Crippen molar-refractivity contribution >= 4 is 40.5 Å². The Hall–Kier alpha value is -3.17. The van der Waals surface area contributed by atoms with Crippen LogP contribution < -0.4 is 5.32 Å². The lowest BCUT2D eigenvalue weighted by Crippen LogP contribution is -2.19. The maximum absolute atomic E-state index is 12.8. The number of pyridine rings is 2. The van der Waals surface area contributed by atoms with E-state index in [2.05, 4.69) is 20.3 Å². The third-order valence-electron chi connectivity index (χ3n) is 4.41. The molecule has 0 radical (unpaired) electrons. The van der Waals surface area contributed by atoms with Gasteiger partial charge in [0.2, 0.25) is 0 Å². The molecule has 0 aliphatic carbocycles. The number of benzene rings is 1. The summed E-state index contributed by atoms with van der Waals surface area (Å²) in [6.45, 7) is 0.353. The molecule has 32 heavy (non-hydrogen) atoms. The van der Waals surface area contributed by atoms with Gasteiger partial charge in [0.15, 0.2) is 5.17 Å². The van der Waals surface area contributed by atoms with Crippen molar-refractivity contribution < 1.29 is 18.0 Å². The number of hydrogen-bond donors (Lipinski definition) is 1. The van der Waals surface area contributed by atoms with Crippen molar-refractivity contribution in [1.29, 1.82) is 0 Å². The Morgan fingerprint density at radius 2 is 1.91 bits per heavy atom. The maximum atomic E-state index is 12.8. The van der Waals surface area contributed by atoms with Crippen LogP contribution in [0.1, 0.15) is 16.8 Å². The molecule has 0 saturated carbocycles. The molecule has 0 spiro atoms. The average molecular weight is 475 g/mol. The second-order valence-corrected chi connectivity index (χ2v) is 8.12. The molecular weight excluding hydrogens is 461 g/mol. The number of aliphatic imine (C=N–C) groups is 1. The van der Waals surface area contributed by atoms with E-state index >= 15 is 0 Å². The summed E-state index contributed by atoms with van der Waals surface area (Å²) >= 11 is 7.23. The first-order valence-corrected chi connectivity index (χ1v) is 10.5. The number of hydrogen-bond acceptors (Lipinski definition) is 5. The van der Waals surface area contributed by atoms with Gasteiger partial charge in [-0.05, 0) is 41.6 Å². The third-order valence-corrected chi connectivity index (χ3v) is 5.65. The summed E-state index contributed by atoms with van der Waals surface area (Å²) in [7, 11) is 0. The van der Waals surface area contributed by atoms with Gasteiger partial charge >= 0.3 is 6.18 Å². The minimum atomic E-state index is -4.51. The summed E-state index contributed by atoms with van der Waals surface area (Å²) in [5.74, 6) is -0.258. The summed E-state index contributed by atoms with van der Waals surface area (Å²) < 4.78 is 38.4. The summed E-state index contributed by atoms with van der Waals surface area (Å²) in [5.41, 5.74) is 1.43. The summed E-state index contributed by atoms with van der Waals surface area (Å²) in [5, 5.41) is 3.11. The van der Waals surface area contributed by atoms with Gasteiger partial charge in [-0.2, -0.15) is 13.2 Å². The van der Waals surface area contributed by atoms with Crippen LogP contribution in [0.25, 0.3) is 17.3 Å². The van der Waals surface area contributed by atoms with E-state index in [1.165, 1.54) is 11.8 Å². The van der Waals surface area contributed by atoms with Gasteiger partial charge in [0, 0.05) is 18.0 Å². The molecule has 1 aromatic carbocycles. The Labute approximate surface area is 190 Å². The molecule has 162 valence electrons. The predicted molar refractivity (Wildman–Crippen MR) is 119 cm³/mol. The molecule has 1 fully saturated rings. The number of rotatable bonds is 4. The Bertz CT molecular complexity index is 1210. The van der Waals surface area contributed by atoms with Gasteiger partial charge in [0.25, 0.3) is 5.91 Å². The standard InChI is InChI=1S/C22H14ClF3N4OS/c23-17-10-15(22(24,25)26)11-28-19(17)14-6-4-13(5-7-14)9-18-20(31)30-21(32-18)29-12-16-3-1-2-8-27-16/h1-11H,12H2,(H,29,30,31)/b18-9+. The number of halogens is 4. The topological polar surface area (TPSA) is 67.2 Å². The molecule has 3 aromatic rings. The molecule has 2 aromatic heterocycles. The lowest BCUT2D eigenvalue weighted by atomic mass is 10.1. The number of nitrogens with zero attached hydrogens (tertiary/aromatic N) is 3. The van der Waals surface area contributed by atoms with Crippen molar-refractivity contribution in [3.8, 4) is 11.3 Å². The molecule has 0 atom stereocenters. The monoisotopic (exact) mass is 474 g/mol. The van der Waals surface area contributed by atoms with E-state index in [1.807, 2.05) is 18.2 Å². The van der Waals surface area contributed by atoms with Crippen LogP contribution in [0.5, 0.6) is 0 Å². The van der Waals surface area contributed by atoms with E-state index in [4.69, 9.17) is 11.6 Å². The molecule has 5 nitrogen and oxygen atoms in total. The molecule has 10 heteroatoms. The Kier molecular flexibility index (Phi) is 6.29. The lowest BCUT2D eigenvalue weighted by Gasteiger charge is -2.09. The minimum absolute atomic E-state index is 0.0922. The van der Waals surface area contributed by atoms with Gasteiger partial charge in [0.05, 0.1) is 33.4 Å². The second kappa shape index (κ2) is 9.13. The molecule has 0 unspecified atom stereocenters. The van der Waals surface area contributed by atoms with E-state index in [0.29, 0.717) is 22.2 Å². The van der Waals surface area contributed by atoms with E-state index in [9.17, 15) is 18.0 Å². The number of thioether (sulfide) groups is 1. The van der Waals surface area contributed by atoms with Crippen LogP contribution in [0.2, 0.25) is 5.02 Å².